The number of rotatable bonds is 2. The summed E-state index contributed by atoms with van der Waals surface area (Å²) in [5.41, 5.74) is -0.630. The van der Waals surface area contributed by atoms with Crippen LogP contribution in [0.2, 0.25) is 0 Å². The van der Waals surface area contributed by atoms with Crippen LogP contribution in [0.5, 0.6) is 11.5 Å². The first-order valence-electron chi connectivity index (χ1n) is 10.8. The third-order valence-corrected chi connectivity index (χ3v) is 7.65. The number of Topliss-reactive ketones (excluding diaryl/α,β-unsaturated/α-hetero) is 1. The lowest BCUT2D eigenvalue weighted by atomic mass is 9.50. The van der Waals surface area contributed by atoms with Crippen LogP contribution in [0.1, 0.15) is 37.8 Å². The van der Waals surface area contributed by atoms with E-state index >= 15 is 0 Å². The molecule has 1 aromatic heterocycles. The van der Waals surface area contributed by atoms with Crippen molar-refractivity contribution in [2.75, 3.05) is 7.11 Å². The van der Waals surface area contributed by atoms with Crippen LogP contribution in [-0.4, -0.2) is 37.7 Å². The molecule has 1 aromatic carbocycles. The molecule has 1 saturated carbocycles. The molecule has 4 atom stereocenters. The molecule has 1 N–H and O–H groups in total. The molecule has 5 rings (SSSR count). The topological polar surface area (TPSA) is 113 Å². The number of aromatic hydroxyl groups is 1. The van der Waals surface area contributed by atoms with Crippen molar-refractivity contribution in [3.63, 3.8) is 0 Å². The fraction of sp³-hybridized carbons (Fsp3) is 0.417. The molecule has 9 nitrogen and oxygen atoms in total. The first kappa shape index (κ1) is 21.2. The van der Waals surface area contributed by atoms with Crippen molar-refractivity contribution < 1.29 is 19.4 Å². The summed E-state index contributed by atoms with van der Waals surface area (Å²) in [6.45, 7) is 3.53. The zero-order chi connectivity index (χ0) is 23.8. The summed E-state index contributed by atoms with van der Waals surface area (Å²) >= 11 is 0. The Labute approximate surface area is 189 Å². The van der Waals surface area contributed by atoms with E-state index in [1.807, 2.05) is 6.08 Å². The smallest absolute Gasteiger partial charge is 0.347 e. The van der Waals surface area contributed by atoms with Gasteiger partial charge in [-0.15, -0.1) is 0 Å². The number of methoxy groups -OCH3 is 1. The number of carbonyl (C=O) groups excluding carboxylic acids is 2. The lowest BCUT2D eigenvalue weighted by Gasteiger charge is -2.52. The summed E-state index contributed by atoms with van der Waals surface area (Å²) in [6.07, 6.45) is 3.41. The Morgan fingerprint density at radius 3 is 2.58 bits per heavy atom. The van der Waals surface area contributed by atoms with E-state index in [1.165, 1.54) is 35.7 Å². The minimum Gasteiger partial charge on any atom is -0.508 e. The molecule has 2 aromatic rings. The fourth-order valence-corrected chi connectivity index (χ4v) is 6.07. The molecular formula is C24H25N3O6. The Balaban J connectivity index is 1.84. The Morgan fingerprint density at radius 2 is 1.88 bits per heavy atom. The molecule has 33 heavy (non-hydrogen) atoms. The minimum atomic E-state index is -1.19. The third-order valence-electron chi connectivity index (χ3n) is 7.65. The molecule has 0 radical (unpaired) electrons. The van der Waals surface area contributed by atoms with E-state index in [1.54, 1.807) is 26.0 Å². The zero-order valence-electron chi connectivity index (χ0n) is 18.9. The van der Waals surface area contributed by atoms with Gasteiger partial charge in [-0.3, -0.25) is 9.59 Å². The predicted molar refractivity (Wildman–Crippen MR) is 118 cm³/mol. The predicted octanol–water partition coefficient (Wildman–Crippen LogP) is 1.45. The molecule has 2 aliphatic carbocycles. The fourth-order valence-electron chi connectivity index (χ4n) is 6.07. The highest BCUT2D eigenvalue weighted by Crippen LogP contribution is 2.62. The van der Waals surface area contributed by atoms with Crippen LogP contribution in [0, 0.1) is 11.3 Å². The number of benzene rings is 1. The lowest BCUT2D eigenvalue weighted by molar-refractivity contribution is -0.139. The van der Waals surface area contributed by atoms with Crippen molar-refractivity contribution in [2.45, 2.75) is 38.8 Å². The van der Waals surface area contributed by atoms with Gasteiger partial charge in [-0.05, 0) is 42.7 Å². The van der Waals surface area contributed by atoms with Crippen LogP contribution in [0.3, 0.4) is 0 Å². The monoisotopic (exact) mass is 451 g/mol. The molecule has 9 heteroatoms. The maximum atomic E-state index is 13.7. The Hall–Kier alpha value is -3.62. The average Bonchev–Trinajstić information content (AvgIpc) is 3.01. The Bertz CT molecular complexity index is 1400. The summed E-state index contributed by atoms with van der Waals surface area (Å²) in [4.78, 5) is 52.5. The second-order valence-corrected chi connectivity index (χ2v) is 9.23. The number of fused-ring (bicyclic) bond motifs is 4. The van der Waals surface area contributed by atoms with E-state index in [0.29, 0.717) is 16.9 Å². The molecule has 0 saturated heterocycles. The van der Waals surface area contributed by atoms with Gasteiger partial charge in [0.05, 0.1) is 25.1 Å². The van der Waals surface area contributed by atoms with E-state index in [0.717, 1.165) is 10.1 Å². The van der Waals surface area contributed by atoms with Crippen molar-refractivity contribution in [2.24, 2.45) is 18.4 Å². The molecular weight excluding hydrogens is 426 g/mol. The molecule has 0 unspecified atom stereocenters. The van der Waals surface area contributed by atoms with Crippen LogP contribution in [0.4, 0.5) is 0 Å². The second-order valence-electron chi connectivity index (χ2n) is 9.23. The number of ketones is 2. The van der Waals surface area contributed by atoms with Gasteiger partial charge in [0.15, 0.2) is 11.6 Å². The second kappa shape index (κ2) is 6.94. The number of nitrogens with zero attached hydrogens (tertiary/aromatic N) is 3. The van der Waals surface area contributed by atoms with Crippen molar-refractivity contribution in [3.8, 4) is 11.5 Å². The summed E-state index contributed by atoms with van der Waals surface area (Å²) < 4.78 is 9.35. The van der Waals surface area contributed by atoms with Crippen LogP contribution < -0.4 is 16.1 Å². The van der Waals surface area contributed by atoms with Gasteiger partial charge in [0, 0.05) is 24.4 Å². The number of phenols is 1. The van der Waals surface area contributed by atoms with E-state index in [9.17, 15) is 24.3 Å². The highest BCUT2D eigenvalue weighted by Gasteiger charge is 2.60. The van der Waals surface area contributed by atoms with Crippen molar-refractivity contribution in [1.29, 1.82) is 0 Å². The summed E-state index contributed by atoms with van der Waals surface area (Å²) in [5, 5.41) is 10.9. The minimum absolute atomic E-state index is 0.0586. The molecule has 0 amide bonds. The van der Waals surface area contributed by atoms with Gasteiger partial charge in [-0.2, -0.15) is 0 Å². The number of aromatic nitrogens is 3. The number of ether oxygens (including phenoxy) is 1. The van der Waals surface area contributed by atoms with Gasteiger partial charge >= 0.3 is 11.4 Å². The highest BCUT2D eigenvalue weighted by molar-refractivity contribution is 6.13. The van der Waals surface area contributed by atoms with E-state index in [2.05, 4.69) is 0 Å². The van der Waals surface area contributed by atoms with Crippen LogP contribution in [0.15, 0.2) is 51.1 Å². The first-order valence-corrected chi connectivity index (χ1v) is 10.8. The standard InChI is InChI=1S/C24H25N3O6/c1-12-10-17(29)14-11-15-13(8-9-26-22(31)25(3)23(32)27(15)26)20(24(14,2)21(12)30)19-16(28)6-5-7-18(19)33-4/h5-8,10,14-15,20,28H,9,11H2,1-4H3/t14-,15+,20+,24+/m0/s1. The Kier molecular flexibility index (Phi) is 4.46. The molecule has 0 spiro atoms. The van der Waals surface area contributed by atoms with Crippen LogP contribution >= 0.6 is 0 Å². The number of allylic oxidation sites excluding steroid dienone is 4. The van der Waals surface area contributed by atoms with Crippen molar-refractivity contribution >= 4 is 11.6 Å². The summed E-state index contributed by atoms with van der Waals surface area (Å²) in [5.74, 6) is -1.51. The van der Waals surface area contributed by atoms with E-state index < -0.39 is 34.7 Å². The van der Waals surface area contributed by atoms with Gasteiger partial charge in [-0.1, -0.05) is 19.1 Å². The van der Waals surface area contributed by atoms with Gasteiger partial charge in [0.2, 0.25) is 0 Å². The van der Waals surface area contributed by atoms with Gasteiger partial charge in [0.25, 0.3) is 0 Å². The van der Waals surface area contributed by atoms with Crippen LogP contribution in [0.25, 0.3) is 0 Å². The largest absolute Gasteiger partial charge is 0.508 e. The van der Waals surface area contributed by atoms with Crippen molar-refractivity contribution in [3.05, 3.63) is 68.0 Å². The van der Waals surface area contributed by atoms with E-state index in [-0.39, 0.29) is 30.3 Å². The number of phenolic OH excluding ortho intramolecular Hbond substituents is 1. The van der Waals surface area contributed by atoms with Gasteiger partial charge < -0.3 is 9.84 Å². The van der Waals surface area contributed by atoms with Crippen LogP contribution in [-0.2, 0) is 23.2 Å². The Morgan fingerprint density at radius 1 is 1.15 bits per heavy atom. The number of hydrogen-bond acceptors (Lipinski definition) is 6. The molecule has 0 bridgehead atoms. The molecule has 2 heterocycles. The normalized spacial score (nSPS) is 28.4. The molecule has 3 aliphatic rings. The van der Waals surface area contributed by atoms with E-state index in [4.69, 9.17) is 4.74 Å². The third kappa shape index (κ3) is 2.59. The highest BCUT2D eigenvalue weighted by atomic mass is 16.5. The summed E-state index contributed by atoms with van der Waals surface area (Å²) in [6, 6.07) is 4.25. The quantitative estimate of drug-likeness (QED) is 0.692. The molecule has 1 fully saturated rings. The lowest BCUT2D eigenvalue weighted by Crippen LogP contribution is -2.54. The first-order chi connectivity index (χ1) is 15.6. The molecule has 1 aliphatic heterocycles. The van der Waals surface area contributed by atoms with Crippen molar-refractivity contribution in [1.82, 2.24) is 13.9 Å². The number of hydrogen-bond donors (Lipinski definition) is 1. The molecule has 172 valence electrons. The summed E-state index contributed by atoms with van der Waals surface area (Å²) in [7, 11) is 2.90. The van der Waals surface area contributed by atoms with Gasteiger partial charge in [0.1, 0.15) is 11.5 Å². The zero-order valence-corrected chi connectivity index (χ0v) is 18.9. The average molecular weight is 451 g/mol. The number of carbonyl (C=O) groups is 2. The maximum absolute atomic E-state index is 13.7. The SMILES string of the molecule is COc1cccc(O)c1[C@H]1C2=CCn3c(=O)n(C)c(=O)n3[C@@H]2C[C@H]2C(=O)C=C(C)C(=O)[C@@]12C. The maximum Gasteiger partial charge on any atom is 0.347 e. The van der Waals surface area contributed by atoms with Gasteiger partial charge in [-0.25, -0.2) is 23.5 Å².